The predicted molar refractivity (Wildman–Crippen MR) is 40.2 cm³/mol. The highest BCUT2D eigenvalue weighted by Gasteiger charge is 1.81. The first-order valence-corrected chi connectivity index (χ1v) is 3.02. The van der Waals surface area contributed by atoms with Gasteiger partial charge in [0.05, 0.1) is 0 Å². The van der Waals surface area contributed by atoms with E-state index in [-0.39, 0.29) is 0 Å². The number of hydrogen-bond donors (Lipinski definition) is 1. The zero-order valence-electron chi connectivity index (χ0n) is 4.98. The molecule has 0 saturated carbocycles. The molecule has 0 aromatic rings. The lowest BCUT2D eigenvalue weighted by molar-refractivity contribution is 1.32. The van der Waals surface area contributed by atoms with Crippen molar-refractivity contribution in [3.63, 3.8) is 0 Å². The summed E-state index contributed by atoms with van der Waals surface area (Å²) in [7, 11) is 1.70. The van der Waals surface area contributed by atoms with Crippen LogP contribution in [0.3, 0.4) is 0 Å². The Hall–Kier alpha value is -0.310. The van der Waals surface area contributed by atoms with E-state index in [0.29, 0.717) is 0 Å². The van der Waals surface area contributed by atoms with Crippen molar-refractivity contribution < 1.29 is 0 Å². The van der Waals surface area contributed by atoms with Gasteiger partial charge in [0.15, 0.2) is 0 Å². The number of nitrogens with two attached hydrogens (primary N) is 1. The summed E-state index contributed by atoms with van der Waals surface area (Å²) in [5, 5.41) is 0. The van der Waals surface area contributed by atoms with Crippen LogP contribution in [0.15, 0.2) is 16.8 Å². The summed E-state index contributed by atoms with van der Waals surface area (Å²) in [6.07, 6.45) is 1.75. The quantitative estimate of drug-likeness (QED) is 0.601. The van der Waals surface area contributed by atoms with Crippen LogP contribution in [0, 0.1) is 0 Å². The van der Waals surface area contributed by atoms with E-state index in [9.17, 15) is 0 Å². The molecule has 0 amide bonds. The van der Waals surface area contributed by atoms with Gasteiger partial charge in [0.25, 0.3) is 0 Å². The molecule has 0 saturated heterocycles. The topological polar surface area (TPSA) is 38.4 Å². The average molecular weight is 177 g/mol. The molecular weight excluding hydrogens is 168 g/mol. The maximum Gasteiger partial charge on any atom is 0.101 e. The Morgan fingerprint density at radius 1 is 1.75 bits per heavy atom. The second-order valence-corrected chi connectivity index (χ2v) is 2.25. The second-order valence-electron chi connectivity index (χ2n) is 1.43. The van der Waals surface area contributed by atoms with Crippen molar-refractivity contribution in [2.75, 3.05) is 7.05 Å². The molecule has 0 aliphatic carbocycles. The van der Waals surface area contributed by atoms with Crippen LogP contribution in [0.1, 0.15) is 6.92 Å². The van der Waals surface area contributed by atoms with Crippen LogP contribution in [0.4, 0.5) is 0 Å². The summed E-state index contributed by atoms with van der Waals surface area (Å²) in [5.41, 5.74) is 6.07. The summed E-state index contributed by atoms with van der Waals surface area (Å²) in [6.45, 7) is 1.81. The highest BCUT2D eigenvalue weighted by Crippen LogP contribution is 1.92. The maximum absolute atomic E-state index is 5.32. The fourth-order valence-corrected chi connectivity index (χ4v) is 0.614. The van der Waals surface area contributed by atoms with Gasteiger partial charge in [0, 0.05) is 12.7 Å². The molecular formula is C5H9BrN2. The van der Waals surface area contributed by atoms with Crippen LogP contribution in [0.25, 0.3) is 0 Å². The zero-order chi connectivity index (χ0) is 6.57. The molecule has 0 atom stereocenters. The van der Waals surface area contributed by atoms with Crippen LogP contribution in [-0.2, 0) is 0 Å². The molecule has 0 radical (unpaired) electrons. The lowest BCUT2D eigenvalue weighted by Crippen LogP contribution is -1.92. The van der Waals surface area contributed by atoms with E-state index in [2.05, 4.69) is 20.9 Å². The highest BCUT2D eigenvalue weighted by atomic mass is 79.9. The second kappa shape index (κ2) is 3.66. The summed E-state index contributed by atoms with van der Waals surface area (Å²) < 4.78 is 0.775. The summed E-state index contributed by atoms with van der Waals surface area (Å²) in [6, 6.07) is 0. The minimum absolute atomic E-state index is 0.752. The van der Waals surface area contributed by atoms with E-state index < -0.39 is 0 Å². The van der Waals surface area contributed by atoms with Crippen molar-refractivity contribution in [1.29, 1.82) is 0 Å². The van der Waals surface area contributed by atoms with E-state index in [1.165, 1.54) is 0 Å². The molecule has 0 rings (SSSR count). The fourth-order valence-electron chi connectivity index (χ4n) is 0.252. The molecule has 0 bridgehead atoms. The number of aliphatic imine (C=N–C) groups is 1. The summed E-state index contributed by atoms with van der Waals surface area (Å²) >= 11 is 3.17. The van der Waals surface area contributed by atoms with Gasteiger partial charge in [-0.3, -0.25) is 4.99 Å². The smallest absolute Gasteiger partial charge is 0.101 e. The van der Waals surface area contributed by atoms with Gasteiger partial charge in [-0.15, -0.1) is 0 Å². The van der Waals surface area contributed by atoms with Crippen LogP contribution in [0.2, 0.25) is 0 Å². The Balaban J connectivity index is 3.89. The van der Waals surface area contributed by atoms with Gasteiger partial charge in [-0.05, 0) is 28.9 Å². The van der Waals surface area contributed by atoms with Crippen molar-refractivity contribution in [3.05, 3.63) is 11.8 Å². The molecule has 0 aromatic heterocycles. The Bertz CT molecular complexity index is 122. The van der Waals surface area contributed by atoms with Crippen molar-refractivity contribution in [1.82, 2.24) is 0 Å². The predicted octanol–water partition coefficient (Wildman–Crippen LogP) is 1.27. The molecule has 2 N–H and O–H groups in total. The molecule has 2 nitrogen and oxygen atoms in total. The number of rotatable bonds is 1. The van der Waals surface area contributed by atoms with Crippen LogP contribution < -0.4 is 5.73 Å². The lowest BCUT2D eigenvalue weighted by Gasteiger charge is -1.86. The molecule has 0 unspecified atom stereocenters. The van der Waals surface area contributed by atoms with E-state index in [1.54, 1.807) is 13.1 Å². The maximum atomic E-state index is 5.32. The lowest BCUT2D eigenvalue weighted by atomic mass is 10.5. The Kier molecular flexibility index (Phi) is 3.52. The van der Waals surface area contributed by atoms with Gasteiger partial charge >= 0.3 is 0 Å². The molecule has 0 spiro atoms. The zero-order valence-corrected chi connectivity index (χ0v) is 6.57. The SMILES string of the molecule is CN=C(Br)C=C(C)N. The first kappa shape index (κ1) is 7.69. The minimum Gasteiger partial charge on any atom is -0.402 e. The third-order valence-corrected chi connectivity index (χ3v) is 1.14. The van der Waals surface area contributed by atoms with Crippen LogP contribution >= 0.6 is 15.9 Å². The van der Waals surface area contributed by atoms with E-state index in [4.69, 9.17) is 5.73 Å². The Labute approximate surface area is 57.6 Å². The number of allylic oxidation sites excluding steroid dienone is 2. The number of nitrogens with zero attached hydrogens (tertiary/aromatic N) is 1. The Morgan fingerprint density at radius 2 is 2.25 bits per heavy atom. The first-order valence-electron chi connectivity index (χ1n) is 2.23. The number of hydrogen-bond acceptors (Lipinski definition) is 2. The van der Waals surface area contributed by atoms with Gasteiger partial charge in [-0.2, -0.15) is 0 Å². The van der Waals surface area contributed by atoms with Crippen LogP contribution in [0.5, 0.6) is 0 Å². The first-order chi connectivity index (χ1) is 3.66. The van der Waals surface area contributed by atoms with Gasteiger partial charge in [-0.25, -0.2) is 0 Å². The number of halogens is 1. The molecule has 46 valence electrons. The standard InChI is InChI=1S/C5H9BrN2/c1-4(7)3-5(6)8-2/h3H,7H2,1-2H3. The van der Waals surface area contributed by atoms with E-state index in [0.717, 1.165) is 10.3 Å². The Morgan fingerprint density at radius 3 is 2.38 bits per heavy atom. The normalized spacial score (nSPS) is 14.4. The average Bonchev–Trinajstić information content (AvgIpc) is 1.65. The summed E-state index contributed by atoms with van der Waals surface area (Å²) in [4.78, 5) is 3.81. The van der Waals surface area contributed by atoms with Crippen LogP contribution in [-0.4, -0.2) is 11.7 Å². The minimum atomic E-state index is 0.752. The molecule has 0 heterocycles. The van der Waals surface area contributed by atoms with E-state index >= 15 is 0 Å². The van der Waals surface area contributed by atoms with Gasteiger partial charge in [-0.1, -0.05) is 0 Å². The third kappa shape index (κ3) is 3.87. The molecule has 8 heavy (non-hydrogen) atoms. The van der Waals surface area contributed by atoms with Gasteiger partial charge in [0.2, 0.25) is 0 Å². The van der Waals surface area contributed by atoms with Gasteiger partial charge < -0.3 is 5.73 Å². The third-order valence-electron chi connectivity index (χ3n) is 0.560. The fraction of sp³-hybridized carbons (Fsp3) is 0.400. The van der Waals surface area contributed by atoms with Gasteiger partial charge in [0.1, 0.15) is 4.62 Å². The van der Waals surface area contributed by atoms with Crippen molar-refractivity contribution >= 4 is 20.6 Å². The van der Waals surface area contributed by atoms with Crippen molar-refractivity contribution in [3.8, 4) is 0 Å². The molecule has 0 aliphatic rings. The van der Waals surface area contributed by atoms with Crippen molar-refractivity contribution in [2.45, 2.75) is 6.92 Å². The van der Waals surface area contributed by atoms with E-state index in [1.807, 2.05) is 6.92 Å². The largest absolute Gasteiger partial charge is 0.402 e. The molecule has 0 fully saturated rings. The monoisotopic (exact) mass is 176 g/mol. The molecule has 0 aromatic carbocycles. The van der Waals surface area contributed by atoms with Crippen molar-refractivity contribution in [2.24, 2.45) is 10.7 Å². The highest BCUT2D eigenvalue weighted by molar-refractivity contribution is 9.18. The molecule has 3 heteroatoms. The summed E-state index contributed by atoms with van der Waals surface area (Å²) in [5.74, 6) is 0. The molecule has 0 aliphatic heterocycles.